The standard InChI is InChI=1S/C8H16ClNO2/c1-2-3-4-5-6-12-8(11)10-7-9/h2-7H2,1H3,(H,10,11). The van der Waals surface area contributed by atoms with Crippen molar-refractivity contribution in [2.24, 2.45) is 0 Å². The summed E-state index contributed by atoms with van der Waals surface area (Å²) in [7, 11) is 0. The van der Waals surface area contributed by atoms with Gasteiger partial charge in [0.2, 0.25) is 0 Å². The van der Waals surface area contributed by atoms with Gasteiger partial charge in [-0.15, -0.1) is 11.6 Å². The number of alkyl halides is 1. The number of carbonyl (C=O) groups excluding carboxylic acids is 1. The molecule has 0 radical (unpaired) electrons. The third kappa shape index (κ3) is 7.66. The van der Waals surface area contributed by atoms with Gasteiger partial charge in [-0.1, -0.05) is 26.2 Å². The Kier molecular flexibility index (Phi) is 8.34. The minimum atomic E-state index is -0.429. The van der Waals surface area contributed by atoms with Crippen LogP contribution in [0.25, 0.3) is 0 Å². The van der Waals surface area contributed by atoms with Gasteiger partial charge in [0.15, 0.2) is 0 Å². The molecule has 0 aliphatic carbocycles. The SMILES string of the molecule is CCCCCCOC(=O)NCCl. The highest BCUT2D eigenvalue weighted by Crippen LogP contribution is 1.98. The lowest BCUT2D eigenvalue weighted by atomic mass is 10.2. The Hall–Kier alpha value is -0.440. The third-order valence-corrected chi connectivity index (χ3v) is 1.58. The van der Waals surface area contributed by atoms with Gasteiger partial charge >= 0.3 is 6.09 Å². The Labute approximate surface area is 78.4 Å². The number of hydrogen-bond acceptors (Lipinski definition) is 2. The molecule has 0 aromatic rings. The highest BCUT2D eigenvalue weighted by Gasteiger charge is 1.97. The van der Waals surface area contributed by atoms with E-state index in [4.69, 9.17) is 16.3 Å². The predicted octanol–water partition coefficient (Wildman–Crippen LogP) is 2.49. The Bertz CT molecular complexity index is 120. The third-order valence-electron chi connectivity index (χ3n) is 1.44. The second kappa shape index (κ2) is 8.65. The lowest BCUT2D eigenvalue weighted by molar-refractivity contribution is 0.145. The maximum Gasteiger partial charge on any atom is 0.408 e. The van der Waals surface area contributed by atoms with Gasteiger partial charge in [0.05, 0.1) is 12.6 Å². The van der Waals surface area contributed by atoms with E-state index in [1.54, 1.807) is 0 Å². The second-order valence-corrected chi connectivity index (χ2v) is 2.77. The van der Waals surface area contributed by atoms with E-state index in [9.17, 15) is 4.79 Å². The van der Waals surface area contributed by atoms with Gasteiger partial charge < -0.3 is 10.1 Å². The molecule has 0 aliphatic heterocycles. The molecular weight excluding hydrogens is 178 g/mol. The van der Waals surface area contributed by atoms with Gasteiger partial charge in [0, 0.05) is 0 Å². The van der Waals surface area contributed by atoms with Crippen LogP contribution in [0.5, 0.6) is 0 Å². The molecule has 0 rings (SSSR count). The minimum absolute atomic E-state index is 0.105. The van der Waals surface area contributed by atoms with Crippen molar-refractivity contribution in [1.29, 1.82) is 0 Å². The minimum Gasteiger partial charge on any atom is -0.450 e. The van der Waals surface area contributed by atoms with E-state index < -0.39 is 6.09 Å². The van der Waals surface area contributed by atoms with Crippen LogP contribution in [-0.4, -0.2) is 18.7 Å². The van der Waals surface area contributed by atoms with Crippen molar-refractivity contribution < 1.29 is 9.53 Å². The van der Waals surface area contributed by atoms with Crippen LogP contribution in [0.2, 0.25) is 0 Å². The van der Waals surface area contributed by atoms with Crippen molar-refractivity contribution in [2.45, 2.75) is 32.6 Å². The molecule has 0 aliphatic rings. The van der Waals surface area contributed by atoms with Crippen molar-refractivity contribution >= 4 is 17.7 Å². The van der Waals surface area contributed by atoms with Gasteiger partial charge in [-0.3, -0.25) is 0 Å². The van der Waals surface area contributed by atoms with E-state index in [1.165, 1.54) is 12.8 Å². The first-order valence-corrected chi connectivity index (χ1v) is 4.81. The van der Waals surface area contributed by atoms with Crippen LogP contribution in [-0.2, 0) is 4.74 Å². The molecule has 12 heavy (non-hydrogen) atoms. The normalized spacial score (nSPS) is 9.50. The van der Waals surface area contributed by atoms with E-state index in [0.29, 0.717) is 6.61 Å². The van der Waals surface area contributed by atoms with E-state index in [2.05, 4.69) is 12.2 Å². The molecule has 0 fully saturated rings. The molecule has 0 aromatic carbocycles. The molecule has 0 bridgehead atoms. The van der Waals surface area contributed by atoms with Crippen molar-refractivity contribution in [1.82, 2.24) is 5.32 Å². The summed E-state index contributed by atoms with van der Waals surface area (Å²) in [4.78, 5) is 10.7. The smallest absolute Gasteiger partial charge is 0.408 e. The lowest BCUT2D eigenvalue weighted by Gasteiger charge is -2.03. The molecule has 0 heterocycles. The molecule has 0 atom stereocenters. The maximum atomic E-state index is 10.7. The molecule has 0 saturated carbocycles. The Balaban J connectivity index is 3.03. The first-order valence-electron chi connectivity index (χ1n) is 4.27. The first kappa shape index (κ1) is 11.6. The number of amides is 1. The molecule has 1 amide bonds. The summed E-state index contributed by atoms with van der Waals surface area (Å²) in [5.41, 5.74) is 0. The van der Waals surface area contributed by atoms with Crippen molar-refractivity contribution in [3.05, 3.63) is 0 Å². The zero-order valence-electron chi connectivity index (χ0n) is 7.44. The predicted molar refractivity (Wildman–Crippen MR) is 49.3 cm³/mol. The highest BCUT2D eigenvalue weighted by molar-refractivity contribution is 6.18. The van der Waals surface area contributed by atoms with Gasteiger partial charge in [0.1, 0.15) is 0 Å². The fraction of sp³-hybridized carbons (Fsp3) is 0.875. The van der Waals surface area contributed by atoms with E-state index in [0.717, 1.165) is 12.8 Å². The number of nitrogens with one attached hydrogen (secondary N) is 1. The number of alkyl carbamates (subject to hydrolysis) is 1. The summed E-state index contributed by atoms with van der Waals surface area (Å²) in [6.07, 6.45) is 4.00. The first-order chi connectivity index (χ1) is 5.81. The van der Waals surface area contributed by atoms with E-state index >= 15 is 0 Å². The topological polar surface area (TPSA) is 38.3 Å². The van der Waals surface area contributed by atoms with Crippen molar-refractivity contribution in [3.8, 4) is 0 Å². The fourth-order valence-electron chi connectivity index (χ4n) is 0.799. The molecule has 4 heteroatoms. The quantitative estimate of drug-likeness (QED) is 0.400. The summed E-state index contributed by atoms with van der Waals surface area (Å²) in [6.45, 7) is 2.63. The van der Waals surface area contributed by atoms with Crippen molar-refractivity contribution in [3.63, 3.8) is 0 Å². The van der Waals surface area contributed by atoms with Gasteiger partial charge in [0.25, 0.3) is 0 Å². The Morgan fingerprint density at radius 2 is 2.17 bits per heavy atom. The van der Waals surface area contributed by atoms with E-state index in [1.807, 2.05) is 0 Å². The maximum absolute atomic E-state index is 10.7. The lowest BCUT2D eigenvalue weighted by Crippen LogP contribution is -2.22. The second-order valence-electron chi connectivity index (χ2n) is 2.51. The van der Waals surface area contributed by atoms with Crippen LogP contribution >= 0.6 is 11.6 Å². The summed E-state index contributed by atoms with van der Waals surface area (Å²) in [6, 6.07) is 0.105. The summed E-state index contributed by atoms with van der Waals surface area (Å²) in [5.74, 6) is 0. The van der Waals surface area contributed by atoms with Crippen LogP contribution in [0.1, 0.15) is 32.6 Å². The van der Waals surface area contributed by atoms with Crippen molar-refractivity contribution in [2.75, 3.05) is 12.6 Å². The van der Waals surface area contributed by atoms with E-state index in [-0.39, 0.29) is 6.00 Å². The van der Waals surface area contributed by atoms with Gasteiger partial charge in [-0.05, 0) is 6.42 Å². The molecule has 1 N–H and O–H groups in total. The molecular formula is C8H16ClNO2. The van der Waals surface area contributed by atoms with Crippen LogP contribution in [0.3, 0.4) is 0 Å². The van der Waals surface area contributed by atoms with Gasteiger partial charge in [-0.25, -0.2) is 4.79 Å². The van der Waals surface area contributed by atoms with Crippen LogP contribution < -0.4 is 5.32 Å². The molecule has 0 aromatic heterocycles. The number of hydrogen-bond donors (Lipinski definition) is 1. The number of ether oxygens (including phenoxy) is 1. The number of rotatable bonds is 6. The Morgan fingerprint density at radius 1 is 1.42 bits per heavy atom. The monoisotopic (exact) mass is 193 g/mol. The highest BCUT2D eigenvalue weighted by atomic mass is 35.5. The largest absolute Gasteiger partial charge is 0.450 e. The number of unbranched alkanes of at least 4 members (excludes halogenated alkanes) is 3. The zero-order chi connectivity index (χ0) is 9.23. The molecule has 0 saturated heterocycles. The summed E-state index contributed by atoms with van der Waals surface area (Å²) in [5, 5.41) is 2.34. The zero-order valence-corrected chi connectivity index (χ0v) is 8.19. The average Bonchev–Trinajstić information content (AvgIpc) is 2.05. The molecule has 0 spiro atoms. The fourth-order valence-corrected chi connectivity index (χ4v) is 0.908. The van der Waals surface area contributed by atoms with Crippen LogP contribution in [0.4, 0.5) is 4.79 Å². The van der Waals surface area contributed by atoms with Crippen LogP contribution in [0, 0.1) is 0 Å². The number of carbonyl (C=O) groups is 1. The summed E-state index contributed by atoms with van der Waals surface area (Å²) >= 11 is 5.25. The van der Waals surface area contributed by atoms with Gasteiger partial charge in [-0.2, -0.15) is 0 Å². The molecule has 72 valence electrons. The average molecular weight is 194 g/mol. The molecule has 3 nitrogen and oxygen atoms in total. The number of halogens is 1. The Morgan fingerprint density at radius 3 is 2.75 bits per heavy atom. The molecule has 0 unspecified atom stereocenters. The van der Waals surface area contributed by atoms with Crippen LogP contribution in [0.15, 0.2) is 0 Å². The summed E-state index contributed by atoms with van der Waals surface area (Å²) < 4.78 is 4.79.